The number of hydrogen-bond donors (Lipinski definition) is 2. The first kappa shape index (κ1) is 57.6. The Balaban J connectivity index is 4.58. The van der Waals surface area contributed by atoms with Crippen LogP contribution in [0.25, 0.3) is 0 Å². The molecule has 0 rings (SSSR count). The number of carbonyl (C=O) groups is 2. The van der Waals surface area contributed by atoms with Gasteiger partial charge in [-0.1, -0.05) is 163 Å². The predicted octanol–water partition coefficient (Wildman–Crippen LogP) is 13.7. The SMILES string of the molecule is CCCCCCCCC(CC)OC(=O)CCCCCCCN(CCCCCCCC(=O)OC(CCCCCCCC)CCCCCCCC)CCCN/C(=C/[N+](=O)[O-])NC. The van der Waals surface area contributed by atoms with Crippen molar-refractivity contribution in [2.75, 3.05) is 33.2 Å². The van der Waals surface area contributed by atoms with Crippen LogP contribution in [-0.2, 0) is 19.1 Å². The summed E-state index contributed by atoms with van der Waals surface area (Å²) in [5.74, 6) is 0.386. The van der Waals surface area contributed by atoms with Gasteiger partial charge in [0, 0.05) is 26.4 Å². The van der Waals surface area contributed by atoms with Gasteiger partial charge in [0.25, 0.3) is 6.20 Å². The van der Waals surface area contributed by atoms with Crippen LogP contribution in [-0.4, -0.2) is 67.2 Å². The van der Waals surface area contributed by atoms with Crippen LogP contribution in [0.2, 0.25) is 0 Å². The van der Waals surface area contributed by atoms with Gasteiger partial charge in [0.1, 0.15) is 12.2 Å². The average molecular weight is 851 g/mol. The minimum Gasteiger partial charge on any atom is -0.462 e. The second kappa shape index (κ2) is 44.7. The summed E-state index contributed by atoms with van der Waals surface area (Å²) in [4.78, 5) is 38.3. The monoisotopic (exact) mass is 851 g/mol. The molecule has 0 aromatic carbocycles. The van der Waals surface area contributed by atoms with E-state index in [0.717, 1.165) is 141 Å². The Labute approximate surface area is 370 Å². The van der Waals surface area contributed by atoms with E-state index in [0.29, 0.717) is 25.2 Å². The molecule has 354 valence electrons. The van der Waals surface area contributed by atoms with E-state index in [1.165, 1.54) is 96.3 Å². The van der Waals surface area contributed by atoms with E-state index in [2.05, 4.69) is 43.2 Å². The summed E-state index contributed by atoms with van der Waals surface area (Å²) in [5, 5.41) is 16.9. The Bertz CT molecular complexity index is 995. The van der Waals surface area contributed by atoms with Crippen molar-refractivity contribution in [2.45, 2.75) is 265 Å². The van der Waals surface area contributed by atoms with Crippen molar-refractivity contribution in [3.8, 4) is 0 Å². The highest BCUT2D eigenvalue weighted by Crippen LogP contribution is 2.19. The molecule has 0 aliphatic heterocycles. The first-order valence-electron chi connectivity index (χ1n) is 25.7. The van der Waals surface area contributed by atoms with E-state index in [9.17, 15) is 19.7 Å². The smallest absolute Gasteiger partial charge is 0.306 e. The van der Waals surface area contributed by atoms with Gasteiger partial charge in [-0.2, -0.15) is 0 Å². The largest absolute Gasteiger partial charge is 0.462 e. The quantitative estimate of drug-likeness (QED) is 0.0267. The highest BCUT2D eigenvalue weighted by Gasteiger charge is 2.15. The molecule has 10 heteroatoms. The Morgan fingerprint density at radius 1 is 0.533 bits per heavy atom. The van der Waals surface area contributed by atoms with Crippen molar-refractivity contribution in [3.05, 3.63) is 22.1 Å². The second-order valence-corrected chi connectivity index (χ2v) is 17.5. The van der Waals surface area contributed by atoms with E-state index < -0.39 is 4.92 Å². The van der Waals surface area contributed by atoms with E-state index in [1.54, 1.807) is 7.05 Å². The standard InChI is InChI=1S/C50H98N4O6/c1-6-10-13-16-21-28-36-46(9-4)59-49(55)39-31-24-19-26-33-42-53(44-35-41-52-48(51-5)45-54(57)58)43-34-27-20-25-32-40-50(56)60-47(37-29-22-17-14-11-7-2)38-30-23-18-15-12-8-3/h45-47,51-52H,6-44H2,1-5H3/b48-45+. The number of carbonyl (C=O) groups excluding carboxylic acids is 2. The predicted molar refractivity (Wildman–Crippen MR) is 253 cm³/mol. The number of hydrogen-bond acceptors (Lipinski definition) is 9. The second-order valence-electron chi connectivity index (χ2n) is 17.5. The first-order valence-corrected chi connectivity index (χ1v) is 25.7. The molecule has 1 atom stereocenters. The van der Waals surface area contributed by atoms with Crippen molar-refractivity contribution in [3.63, 3.8) is 0 Å². The Morgan fingerprint density at radius 3 is 1.32 bits per heavy atom. The van der Waals surface area contributed by atoms with E-state index in [-0.39, 0.29) is 24.1 Å². The zero-order chi connectivity index (χ0) is 44.2. The summed E-state index contributed by atoms with van der Waals surface area (Å²) in [5.41, 5.74) is 0. The molecule has 0 fully saturated rings. The maximum Gasteiger partial charge on any atom is 0.306 e. The van der Waals surface area contributed by atoms with Crippen LogP contribution in [0.4, 0.5) is 0 Å². The maximum atomic E-state index is 12.8. The van der Waals surface area contributed by atoms with E-state index in [1.807, 2.05) is 0 Å². The summed E-state index contributed by atoms with van der Waals surface area (Å²) in [6.45, 7) is 12.5. The minimum absolute atomic E-state index is 0.00453. The van der Waals surface area contributed by atoms with Crippen molar-refractivity contribution in [2.24, 2.45) is 0 Å². The van der Waals surface area contributed by atoms with Gasteiger partial charge in [-0.3, -0.25) is 19.7 Å². The van der Waals surface area contributed by atoms with Crippen LogP contribution >= 0.6 is 0 Å². The van der Waals surface area contributed by atoms with E-state index >= 15 is 0 Å². The molecule has 0 aromatic heterocycles. The van der Waals surface area contributed by atoms with Crippen molar-refractivity contribution >= 4 is 11.9 Å². The topological polar surface area (TPSA) is 123 Å². The highest BCUT2D eigenvalue weighted by molar-refractivity contribution is 5.69. The summed E-state index contributed by atoms with van der Waals surface area (Å²) in [7, 11) is 1.69. The van der Waals surface area contributed by atoms with Crippen molar-refractivity contribution in [1.29, 1.82) is 0 Å². The van der Waals surface area contributed by atoms with Gasteiger partial charge < -0.3 is 25.0 Å². The molecule has 0 spiro atoms. The number of nitrogens with zero attached hydrogens (tertiary/aromatic N) is 2. The van der Waals surface area contributed by atoms with Crippen molar-refractivity contribution in [1.82, 2.24) is 15.5 Å². The molecule has 0 aliphatic carbocycles. The minimum atomic E-state index is -0.443. The summed E-state index contributed by atoms with van der Waals surface area (Å²) in [6, 6.07) is 0. The van der Waals surface area contributed by atoms with Gasteiger partial charge in [0.15, 0.2) is 5.82 Å². The van der Waals surface area contributed by atoms with Gasteiger partial charge in [-0.05, 0) is 96.7 Å². The van der Waals surface area contributed by atoms with Crippen LogP contribution in [0.3, 0.4) is 0 Å². The fourth-order valence-electron chi connectivity index (χ4n) is 7.99. The third-order valence-electron chi connectivity index (χ3n) is 11.9. The molecule has 0 bridgehead atoms. The van der Waals surface area contributed by atoms with Crippen LogP contribution in [0, 0.1) is 10.1 Å². The molecule has 0 aliphatic rings. The molecule has 0 aromatic rings. The lowest BCUT2D eigenvalue weighted by atomic mass is 10.0. The maximum absolute atomic E-state index is 12.8. The van der Waals surface area contributed by atoms with Gasteiger partial charge in [-0.25, -0.2) is 0 Å². The first-order chi connectivity index (χ1) is 29.3. The number of nitro groups is 1. The van der Waals surface area contributed by atoms with Gasteiger partial charge in [0.2, 0.25) is 0 Å². The lowest BCUT2D eigenvalue weighted by Gasteiger charge is -2.22. The lowest BCUT2D eigenvalue weighted by Crippen LogP contribution is -2.31. The molecule has 1 unspecified atom stereocenters. The molecule has 60 heavy (non-hydrogen) atoms. The Hall–Kier alpha value is -2.36. The van der Waals surface area contributed by atoms with Gasteiger partial charge in [-0.15, -0.1) is 0 Å². The summed E-state index contributed by atoms with van der Waals surface area (Å²) < 4.78 is 11.9. The Kier molecular flexibility index (Phi) is 42.9. The molecular formula is C50H98N4O6. The number of unbranched alkanes of at least 4 members (excludes halogenated alkanes) is 23. The number of rotatable bonds is 47. The highest BCUT2D eigenvalue weighted by atomic mass is 16.6. The average Bonchev–Trinajstić information content (AvgIpc) is 3.23. The number of esters is 2. The van der Waals surface area contributed by atoms with Crippen LogP contribution in [0.5, 0.6) is 0 Å². The normalized spacial score (nSPS) is 12.3. The summed E-state index contributed by atoms with van der Waals surface area (Å²) in [6.07, 6.45) is 40.5. The zero-order valence-corrected chi connectivity index (χ0v) is 40.2. The van der Waals surface area contributed by atoms with Crippen LogP contribution in [0.1, 0.15) is 252 Å². The number of nitrogens with one attached hydrogen (secondary N) is 2. The lowest BCUT2D eigenvalue weighted by molar-refractivity contribution is -0.404. The van der Waals surface area contributed by atoms with Gasteiger partial charge >= 0.3 is 11.9 Å². The molecule has 0 saturated carbocycles. The third-order valence-corrected chi connectivity index (χ3v) is 11.9. The molecule has 2 N–H and O–H groups in total. The molecule has 0 saturated heterocycles. The Morgan fingerprint density at radius 2 is 0.900 bits per heavy atom. The molecule has 0 radical (unpaired) electrons. The van der Waals surface area contributed by atoms with E-state index in [4.69, 9.17) is 9.47 Å². The number of ether oxygens (including phenoxy) is 2. The fourth-order valence-corrected chi connectivity index (χ4v) is 7.99. The summed E-state index contributed by atoms with van der Waals surface area (Å²) >= 11 is 0. The zero-order valence-electron chi connectivity index (χ0n) is 40.2. The molecular weight excluding hydrogens is 753 g/mol. The molecule has 0 heterocycles. The third kappa shape index (κ3) is 39.8. The van der Waals surface area contributed by atoms with Crippen molar-refractivity contribution < 1.29 is 24.0 Å². The molecule has 0 amide bonds. The van der Waals surface area contributed by atoms with Crippen LogP contribution < -0.4 is 10.6 Å². The van der Waals surface area contributed by atoms with Gasteiger partial charge in [0.05, 0.1) is 4.92 Å². The van der Waals surface area contributed by atoms with Crippen LogP contribution in [0.15, 0.2) is 12.0 Å². The fraction of sp³-hybridized carbons (Fsp3) is 0.920. The molecule has 10 nitrogen and oxygen atoms in total.